The lowest BCUT2D eigenvalue weighted by Gasteiger charge is -2.20. The second-order valence-corrected chi connectivity index (χ2v) is 9.13. The van der Waals surface area contributed by atoms with Crippen molar-refractivity contribution in [2.45, 2.75) is 142 Å². The van der Waals surface area contributed by atoms with Gasteiger partial charge in [-0.3, -0.25) is 4.99 Å². The second kappa shape index (κ2) is 24.0. The van der Waals surface area contributed by atoms with Gasteiger partial charge < -0.3 is 4.90 Å². The molecule has 0 radical (unpaired) electrons. The third kappa shape index (κ3) is 20.8. The molecule has 0 aliphatic heterocycles. The van der Waals surface area contributed by atoms with Crippen LogP contribution in [0.5, 0.6) is 0 Å². The Labute approximate surface area is 189 Å². The molecular formula is C26H53ClN2. The number of hydrogen-bond donors (Lipinski definition) is 0. The SMILES string of the molecule is CCCCCCCCCCCCCCCCCCCCCCN(CC)C(Cl)=NC. The average molecular weight is 429 g/mol. The number of aliphatic imine (C=N–C) groups is 1. The Balaban J connectivity index is 3.15. The van der Waals surface area contributed by atoms with Gasteiger partial charge in [0.2, 0.25) is 0 Å². The lowest BCUT2D eigenvalue weighted by Crippen LogP contribution is -2.28. The molecule has 0 fully saturated rings. The molecule has 174 valence electrons. The zero-order valence-corrected chi connectivity index (χ0v) is 21.1. The maximum absolute atomic E-state index is 6.10. The van der Waals surface area contributed by atoms with Crippen molar-refractivity contribution in [1.29, 1.82) is 0 Å². The monoisotopic (exact) mass is 428 g/mol. The van der Waals surface area contributed by atoms with E-state index in [4.69, 9.17) is 11.6 Å². The van der Waals surface area contributed by atoms with E-state index in [1.165, 1.54) is 128 Å². The minimum Gasteiger partial charge on any atom is -0.348 e. The van der Waals surface area contributed by atoms with Gasteiger partial charge in [-0.15, -0.1) is 0 Å². The summed E-state index contributed by atoms with van der Waals surface area (Å²) >= 11 is 6.10. The molecule has 0 aromatic carbocycles. The van der Waals surface area contributed by atoms with Gasteiger partial charge in [0.25, 0.3) is 0 Å². The van der Waals surface area contributed by atoms with Crippen LogP contribution in [0.1, 0.15) is 142 Å². The van der Waals surface area contributed by atoms with E-state index < -0.39 is 0 Å². The smallest absolute Gasteiger partial charge is 0.193 e. The molecule has 0 aliphatic carbocycles. The summed E-state index contributed by atoms with van der Waals surface area (Å²) in [5.41, 5.74) is 0. The Morgan fingerprint density at radius 2 is 0.862 bits per heavy atom. The lowest BCUT2D eigenvalue weighted by molar-refractivity contribution is 0.422. The van der Waals surface area contributed by atoms with Crippen LogP contribution in [-0.4, -0.2) is 30.3 Å². The van der Waals surface area contributed by atoms with Crippen LogP contribution in [0.3, 0.4) is 0 Å². The molecule has 2 nitrogen and oxygen atoms in total. The van der Waals surface area contributed by atoms with Gasteiger partial charge in [-0.25, -0.2) is 0 Å². The van der Waals surface area contributed by atoms with Crippen molar-refractivity contribution >= 4 is 16.9 Å². The second-order valence-electron chi connectivity index (χ2n) is 8.79. The Bertz CT molecular complexity index is 344. The van der Waals surface area contributed by atoms with E-state index in [-0.39, 0.29) is 0 Å². The largest absolute Gasteiger partial charge is 0.348 e. The van der Waals surface area contributed by atoms with E-state index >= 15 is 0 Å². The van der Waals surface area contributed by atoms with Crippen LogP contribution in [0, 0.1) is 0 Å². The van der Waals surface area contributed by atoms with Gasteiger partial charge in [0.15, 0.2) is 5.29 Å². The molecule has 0 aromatic heterocycles. The fourth-order valence-electron chi connectivity index (χ4n) is 4.08. The summed E-state index contributed by atoms with van der Waals surface area (Å²) in [6.45, 7) is 6.44. The van der Waals surface area contributed by atoms with Gasteiger partial charge in [0.05, 0.1) is 0 Å². The van der Waals surface area contributed by atoms with Crippen molar-refractivity contribution in [3.8, 4) is 0 Å². The molecule has 0 saturated heterocycles. The molecule has 0 N–H and O–H groups in total. The molecule has 0 heterocycles. The lowest BCUT2D eigenvalue weighted by atomic mass is 10.0. The van der Waals surface area contributed by atoms with E-state index in [1.54, 1.807) is 7.05 Å². The molecule has 0 aromatic rings. The number of amidine groups is 1. The van der Waals surface area contributed by atoms with Gasteiger partial charge in [-0.2, -0.15) is 0 Å². The molecular weight excluding hydrogens is 376 g/mol. The predicted octanol–water partition coefficient (Wildman–Crippen LogP) is 9.35. The fraction of sp³-hybridized carbons (Fsp3) is 0.962. The van der Waals surface area contributed by atoms with Crippen LogP contribution in [0.25, 0.3) is 0 Å². The first-order valence-electron chi connectivity index (χ1n) is 13.1. The topological polar surface area (TPSA) is 15.6 Å². The van der Waals surface area contributed by atoms with Crippen LogP contribution in [0.4, 0.5) is 0 Å². The number of rotatable bonds is 22. The summed E-state index contributed by atoms with van der Waals surface area (Å²) in [6, 6.07) is 0. The molecule has 0 unspecified atom stereocenters. The van der Waals surface area contributed by atoms with Crippen molar-refractivity contribution < 1.29 is 0 Å². The van der Waals surface area contributed by atoms with Crippen molar-refractivity contribution in [3.63, 3.8) is 0 Å². The van der Waals surface area contributed by atoms with E-state index in [0.717, 1.165) is 13.1 Å². The molecule has 0 saturated carbocycles. The van der Waals surface area contributed by atoms with E-state index in [9.17, 15) is 0 Å². The highest BCUT2D eigenvalue weighted by Crippen LogP contribution is 2.15. The third-order valence-electron chi connectivity index (χ3n) is 6.11. The van der Waals surface area contributed by atoms with Gasteiger partial charge in [-0.05, 0) is 24.9 Å². The molecule has 0 amide bonds. The predicted molar refractivity (Wildman–Crippen MR) is 134 cm³/mol. The van der Waals surface area contributed by atoms with Crippen molar-refractivity contribution in [2.75, 3.05) is 20.1 Å². The molecule has 0 atom stereocenters. The van der Waals surface area contributed by atoms with Gasteiger partial charge in [-0.1, -0.05) is 129 Å². The number of unbranched alkanes of at least 4 members (excludes halogenated alkanes) is 19. The van der Waals surface area contributed by atoms with Crippen molar-refractivity contribution in [2.24, 2.45) is 4.99 Å². The van der Waals surface area contributed by atoms with Crippen molar-refractivity contribution in [1.82, 2.24) is 4.90 Å². The molecule has 0 rings (SSSR count). The van der Waals surface area contributed by atoms with Crippen LogP contribution in [0.2, 0.25) is 0 Å². The summed E-state index contributed by atoms with van der Waals surface area (Å²) in [4.78, 5) is 6.23. The van der Waals surface area contributed by atoms with Crippen LogP contribution in [0.15, 0.2) is 4.99 Å². The minimum atomic E-state index is 0.658. The van der Waals surface area contributed by atoms with Gasteiger partial charge in [0, 0.05) is 20.1 Å². The summed E-state index contributed by atoms with van der Waals surface area (Å²) in [5.74, 6) is 0. The summed E-state index contributed by atoms with van der Waals surface area (Å²) in [6.07, 6.45) is 28.6. The maximum Gasteiger partial charge on any atom is 0.193 e. The summed E-state index contributed by atoms with van der Waals surface area (Å²) in [5, 5.41) is 0.658. The normalized spacial score (nSPS) is 11.9. The molecule has 3 heteroatoms. The zero-order chi connectivity index (χ0) is 21.4. The highest BCUT2D eigenvalue weighted by Gasteiger charge is 2.04. The highest BCUT2D eigenvalue weighted by molar-refractivity contribution is 6.64. The Morgan fingerprint density at radius 3 is 1.14 bits per heavy atom. The van der Waals surface area contributed by atoms with Crippen molar-refractivity contribution in [3.05, 3.63) is 0 Å². The number of nitrogens with zero attached hydrogens (tertiary/aromatic N) is 2. The minimum absolute atomic E-state index is 0.658. The Hall–Kier alpha value is -0.240. The van der Waals surface area contributed by atoms with E-state index in [0.29, 0.717) is 5.29 Å². The van der Waals surface area contributed by atoms with Gasteiger partial charge in [0.1, 0.15) is 0 Å². The molecule has 0 bridgehead atoms. The third-order valence-corrected chi connectivity index (χ3v) is 6.52. The fourth-order valence-corrected chi connectivity index (χ4v) is 4.28. The first kappa shape index (κ1) is 28.8. The average Bonchev–Trinajstić information content (AvgIpc) is 2.74. The summed E-state index contributed by atoms with van der Waals surface area (Å²) < 4.78 is 0. The van der Waals surface area contributed by atoms with Gasteiger partial charge >= 0.3 is 0 Å². The van der Waals surface area contributed by atoms with Crippen LogP contribution < -0.4 is 0 Å². The van der Waals surface area contributed by atoms with E-state index in [1.807, 2.05) is 0 Å². The summed E-state index contributed by atoms with van der Waals surface area (Å²) in [7, 11) is 1.77. The Kier molecular flexibility index (Phi) is 23.8. The first-order chi connectivity index (χ1) is 14.3. The number of halogens is 1. The standard InChI is InChI=1S/C26H53ClN2/c1-4-6-7-8-9-10-11-12-13-14-15-16-17-18-19-20-21-22-23-24-25-29(5-2)26(27)28-3/h4-25H2,1-3H3. The van der Waals surface area contributed by atoms with Crippen LogP contribution >= 0.6 is 11.6 Å². The number of hydrogen-bond acceptors (Lipinski definition) is 1. The Morgan fingerprint density at radius 1 is 0.552 bits per heavy atom. The van der Waals surface area contributed by atoms with Crippen LogP contribution in [-0.2, 0) is 0 Å². The van der Waals surface area contributed by atoms with E-state index in [2.05, 4.69) is 23.7 Å². The quantitative estimate of drug-likeness (QED) is 0.0725. The molecule has 29 heavy (non-hydrogen) atoms. The highest BCUT2D eigenvalue weighted by atomic mass is 35.5. The zero-order valence-electron chi connectivity index (χ0n) is 20.3. The molecule has 0 aliphatic rings. The first-order valence-corrected chi connectivity index (χ1v) is 13.5. The maximum atomic E-state index is 6.10. The molecule has 0 spiro atoms.